The number of hydrogen-bond donors (Lipinski definition) is 0. The van der Waals surface area contributed by atoms with Gasteiger partial charge in [-0.3, -0.25) is 0 Å². The fourth-order valence-electron chi connectivity index (χ4n) is 2.24. The largest absolute Gasteiger partial charge is 0.0622 e. The lowest BCUT2D eigenvalue weighted by Gasteiger charge is -1.94. The molecule has 0 aliphatic carbocycles. The molecule has 96 valence electrons. The van der Waals surface area contributed by atoms with Crippen molar-refractivity contribution in [2.24, 2.45) is 0 Å². The third-order valence-corrected chi connectivity index (χ3v) is 3.32. The van der Waals surface area contributed by atoms with Crippen LogP contribution >= 0.6 is 0 Å². The molecule has 0 aliphatic rings. The second-order valence-electron chi connectivity index (χ2n) is 4.69. The monoisotopic (exact) mass is 256 g/mol. The maximum atomic E-state index is 2.18. The maximum absolute atomic E-state index is 2.18. The van der Waals surface area contributed by atoms with Crippen LogP contribution in [-0.2, 0) is 0 Å². The summed E-state index contributed by atoms with van der Waals surface area (Å²) >= 11 is 0. The molecule has 0 N–H and O–H groups in total. The molecule has 0 heterocycles. The van der Waals surface area contributed by atoms with Gasteiger partial charge in [0.15, 0.2) is 0 Å². The predicted octanol–water partition coefficient (Wildman–Crippen LogP) is 5.68. The fourth-order valence-corrected chi connectivity index (χ4v) is 2.24. The van der Waals surface area contributed by atoms with Crippen LogP contribution in [0.15, 0.2) is 97.1 Å². The number of hydrogen-bond acceptors (Lipinski definition) is 0. The normalized spacial score (nSPS) is 10.0. The lowest BCUT2D eigenvalue weighted by atomic mass is 10.1. The summed E-state index contributed by atoms with van der Waals surface area (Å²) in [7, 11) is 0. The van der Waals surface area contributed by atoms with Crippen molar-refractivity contribution in [3.8, 4) is 0 Å². The first-order valence-electron chi connectivity index (χ1n) is 6.81. The third-order valence-electron chi connectivity index (χ3n) is 3.32. The van der Waals surface area contributed by atoms with Gasteiger partial charge in [0, 0.05) is 0 Å². The molecule has 0 aromatic heterocycles. The van der Waals surface area contributed by atoms with Crippen LogP contribution in [0.4, 0.5) is 0 Å². The van der Waals surface area contributed by atoms with Crippen molar-refractivity contribution >= 4 is 21.5 Å². The van der Waals surface area contributed by atoms with Gasteiger partial charge in [-0.1, -0.05) is 97.1 Å². The van der Waals surface area contributed by atoms with Crippen LogP contribution in [0, 0.1) is 0 Å². The van der Waals surface area contributed by atoms with Crippen LogP contribution in [0.5, 0.6) is 0 Å². The van der Waals surface area contributed by atoms with Gasteiger partial charge in [-0.05, 0) is 21.5 Å². The van der Waals surface area contributed by atoms with Gasteiger partial charge in [-0.2, -0.15) is 0 Å². The second kappa shape index (κ2) is 6.03. The topological polar surface area (TPSA) is 0 Å². The average Bonchev–Trinajstić information content (AvgIpc) is 2.39. The highest BCUT2D eigenvalue weighted by atomic mass is 13.9. The molecule has 0 saturated carbocycles. The van der Waals surface area contributed by atoms with Crippen molar-refractivity contribution in [1.82, 2.24) is 0 Å². The molecule has 0 heteroatoms. The highest BCUT2D eigenvalue weighted by molar-refractivity contribution is 5.87. The Bertz CT molecular complexity index is 675. The Morgan fingerprint density at radius 3 is 0.750 bits per heavy atom. The van der Waals surface area contributed by atoms with Crippen LogP contribution in [0.1, 0.15) is 0 Å². The summed E-state index contributed by atoms with van der Waals surface area (Å²) in [5.74, 6) is 0. The number of fused-ring (bicyclic) bond motifs is 2. The van der Waals surface area contributed by atoms with E-state index < -0.39 is 0 Å². The first-order valence-corrected chi connectivity index (χ1v) is 6.81. The van der Waals surface area contributed by atoms with Crippen LogP contribution in [0.3, 0.4) is 0 Å². The van der Waals surface area contributed by atoms with E-state index in [2.05, 4.69) is 72.8 Å². The molecule has 0 spiro atoms. The van der Waals surface area contributed by atoms with Crippen molar-refractivity contribution in [3.63, 3.8) is 0 Å². The highest BCUT2D eigenvalue weighted by Gasteiger charge is 1.88. The zero-order chi connectivity index (χ0) is 13.6. The van der Waals surface area contributed by atoms with Crippen molar-refractivity contribution in [2.75, 3.05) is 0 Å². The molecule has 3 aromatic carbocycles. The van der Waals surface area contributed by atoms with E-state index >= 15 is 0 Å². The van der Waals surface area contributed by atoms with Crippen molar-refractivity contribution in [2.45, 2.75) is 0 Å². The third kappa shape index (κ3) is 2.86. The van der Waals surface area contributed by atoms with Crippen LogP contribution in [0.25, 0.3) is 21.5 Å². The van der Waals surface area contributed by atoms with E-state index in [4.69, 9.17) is 0 Å². The predicted molar refractivity (Wildman–Crippen MR) is 87.9 cm³/mol. The van der Waals surface area contributed by atoms with Gasteiger partial charge >= 0.3 is 0 Å². The fraction of sp³-hybridized carbons (Fsp3) is 0. The number of rotatable bonds is 0. The molecule has 0 atom stereocenters. The summed E-state index contributed by atoms with van der Waals surface area (Å²) in [5.41, 5.74) is 0. The Kier molecular flexibility index (Phi) is 3.75. The lowest BCUT2D eigenvalue weighted by molar-refractivity contribution is 1.75. The van der Waals surface area contributed by atoms with E-state index in [0.29, 0.717) is 0 Å². The van der Waals surface area contributed by atoms with Gasteiger partial charge < -0.3 is 0 Å². The summed E-state index contributed by atoms with van der Waals surface area (Å²) < 4.78 is 0. The molecule has 0 amide bonds. The minimum absolute atomic E-state index is 1.23. The van der Waals surface area contributed by atoms with Gasteiger partial charge in [-0.25, -0.2) is 0 Å². The zero-order valence-corrected chi connectivity index (χ0v) is 11.2. The average molecular weight is 256 g/mol. The quantitative estimate of drug-likeness (QED) is 0.485. The van der Waals surface area contributed by atoms with Crippen LogP contribution in [0.2, 0.25) is 0 Å². The van der Waals surface area contributed by atoms with Crippen molar-refractivity contribution in [3.05, 3.63) is 97.1 Å². The Morgan fingerprint density at radius 1 is 0.250 bits per heavy atom. The molecule has 3 aromatic rings. The Balaban J connectivity index is 2.42. The lowest BCUT2D eigenvalue weighted by Crippen LogP contribution is -1.69. The van der Waals surface area contributed by atoms with Crippen molar-refractivity contribution in [1.29, 1.82) is 0 Å². The SMILES string of the molecule is c1cccc2ccc3ccccccc3ccc2cc1. The van der Waals surface area contributed by atoms with E-state index in [1.165, 1.54) is 21.5 Å². The minimum atomic E-state index is 1.23. The first-order chi connectivity index (χ1) is 9.93. The van der Waals surface area contributed by atoms with Gasteiger partial charge in [0.25, 0.3) is 0 Å². The second-order valence-corrected chi connectivity index (χ2v) is 4.69. The summed E-state index contributed by atoms with van der Waals surface area (Å²) in [6, 6.07) is 33.8. The molecular formula is C20H16. The Hall–Kier alpha value is -2.60. The van der Waals surface area contributed by atoms with Gasteiger partial charge in [0.2, 0.25) is 0 Å². The standard InChI is InChI=1S/C20H16/c1-2-6-10-18-15-16-20-12-8-4-3-7-11-19(20)14-13-17(18)9-5-1/h1-16H. The minimum Gasteiger partial charge on any atom is -0.0622 e. The molecule has 0 saturated heterocycles. The van der Waals surface area contributed by atoms with E-state index in [1.54, 1.807) is 0 Å². The van der Waals surface area contributed by atoms with E-state index in [9.17, 15) is 0 Å². The van der Waals surface area contributed by atoms with Gasteiger partial charge in [-0.15, -0.1) is 0 Å². The molecule has 20 heavy (non-hydrogen) atoms. The smallest absolute Gasteiger partial charge is 0.0184 e. The molecule has 3 rings (SSSR count). The van der Waals surface area contributed by atoms with Crippen molar-refractivity contribution < 1.29 is 0 Å². The van der Waals surface area contributed by atoms with Crippen LogP contribution < -0.4 is 0 Å². The van der Waals surface area contributed by atoms with E-state index in [-0.39, 0.29) is 0 Å². The summed E-state index contributed by atoms with van der Waals surface area (Å²) in [4.78, 5) is 0. The summed E-state index contributed by atoms with van der Waals surface area (Å²) in [6.45, 7) is 0. The van der Waals surface area contributed by atoms with Gasteiger partial charge in [0.05, 0.1) is 0 Å². The molecular weight excluding hydrogens is 240 g/mol. The Morgan fingerprint density at radius 2 is 0.500 bits per heavy atom. The molecule has 0 fully saturated rings. The Labute approximate surface area is 119 Å². The summed E-state index contributed by atoms with van der Waals surface area (Å²) in [5, 5.41) is 4.90. The molecule has 0 unspecified atom stereocenters. The van der Waals surface area contributed by atoms with Gasteiger partial charge in [0.1, 0.15) is 0 Å². The first kappa shape index (κ1) is 12.4. The molecule has 0 aliphatic heterocycles. The summed E-state index contributed by atoms with van der Waals surface area (Å²) in [6.07, 6.45) is 0. The highest BCUT2D eigenvalue weighted by Crippen LogP contribution is 2.15. The maximum Gasteiger partial charge on any atom is -0.0184 e. The van der Waals surface area contributed by atoms with E-state index in [1.807, 2.05) is 24.3 Å². The van der Waals surface area contributed by atoms with E-state index in [0.717, 1.165) is 0 Å². The molecule has 0 bridgehead atoms. The molecule has 0 nitrogen and oxygen atoms in total. The zero-order valence-electron chi connectivity index (χ0n) is 11.2. The van der Waals surface area contributed by atoms with Crippen LogP contribution in [-0.4, -0.2) is 0 Å². The molecule has 0 radical (unpaired) electrons.